The van der Waals surface area contributed by atoms with Crippen molar-refractivity contribution in [1.82, 2.24) is 4.98 Å². The summed E-state index contributed by atoms with van der Waals surface area (Å²) >= 11 is 1.50. The van der Waals surface area contributed by atoms with E-state index in [4.69, 9.17) is 5.73 Å². The molecule has 0 radical (unpaired) electrons. The van der Waals surface area contributed by atoms with Crippen LogP contribution in [0.3, 0.4) is 0 Å². The summed E-state index contributed by atoms with van der Waals surface area (Å²) in [6.07, 6.45) is 1.74. The lowest BCUT2D eigenvalue weighted by molar-refractivity contribution is 0.619. The number of thiazole rings is 1. The number of aromatic nitrogens is 1. The summed E-state index contributed by atoms with van der Waals surface area (Å²) in [7, 11) is 0. The summed E-state index contributed by atoms with van der Waals surface area (Å²) in [5.74, 6) is -0.202. The molecule has 0 atom stereocenters. The summed E-state index contributed by atoms with van der Waals surface area (Å²) in [4.78, 5) is 5.18. The van der Waals surface area contributed by atoms with Gasteiger partial charge in [-0.15, -0.1) is 11.3 Å². The topological polar surface area (TPSA) is 50.9 Å². The number of nitrogens with two attached hydrogens (primary N) is 1. The molecule has 5 heteroatoms. The lowest BCUT2D eigenvalue weighted by Gasteiger charge is -2.03. The second-order valence-corrected chi connectivity index (χ2v) is 4.54. The molecule has 0 spiro atoms. The molecule has 2 rings (SSSR count). The van der Waals surface area contributed by atoms with E-state index in [2.05, 4.69) is 10.3 Å². The zero-order valence-electron chi connectivity index (χ0n) is 8.83. The summed E-state index contributed by atoms with van der Waals surface area (Å²) in [5, 5.41) is 3.88. The SMILES string of the molecule is Cc1cc(Nc2ncc(CN)s2)ccc1F. The number of nitrogens with one attached hydrogen (secondary N) is 1. The van der Waals surface area contributed by atoms with Gasteiger partial charge in [-0.3, -0.25) is 0 Å². The Labute approximate surface area is 97.1 Å². The molecule has 2 aromatic rings. The Morgan fingerprint density at radius 1 is 1.50 bits per heavy atom. The molecule has 84 valence electrons. The van der Waals surface area contributed by atoms with Crippen LogP contribution in [0.5, 0.6) is 0 Å². The van der Waals surface area contributed by atoms with Gasteiger partial charge in [0.25, 0.3) is 0 Å². The van der Waals surface area contributed by atoms with Crippen LogP contribution in [-0.2, 0) is 6.54 Å². The number of benzene rings is 1. The normalized spacial score (nSPS) is 10.4. The maximum Gasteiger partial charge on any atom is 0.187 e. The van der Waals surface area contributed by atoms with Crippen molar-refractivity contribution in [2.75, 3.05) is 5.32 Å². The monoisotopic (exact) mass is 237 g/mol. The van der Waals surface area contributed by atoms with Gasteiger partial charge in [-0.25, -0.2) is 9.37 Å². The van der Waals surface area contributed by atoms with Crippen molar-refractivity contribution in [3.05, 3.63) is 40.7 Å². The summed E-state index contributed by atoms with van der Waals surface area (Å²) in [6.45, 7) is 2.22. The highest BCUT2D eigenvalue weighted by Crippen LogP contribution is 2.23. The van der Waals surface area contributed by atoms with E-state index in [-0.39, 0.29) is 5.82 Å². The van der Waals surface area contributed by atoms with Crippen molar-refractivity contribution in [3.63, 3.8) is 0 Å². The number of rotatable bonds is 3. The Bertz CT molecular complexity index is 496. The van der Waals surface area contributed by atoms with E-state index in [1.54, 1.807) is 25.3 Å². The minimum absolute atomic E-state index is 0.202. The Balaban J connectivity index is 2.17. The van der Waals surface area contributed by atoms with Gasteiger partial charge in [-0.2, -0.15) is 0 Å². The molecular formula is C11H12FN3S. The van der Waals surface area contributed by atoms with Gasteiger partial charge in [0.1, 0.15) is 5.82 Å². The van der Waals surface area contributed by atoms with Crippen LogP contribution < -0.4 is 11.1 Å². The van der Waals surface area contributed by atoms with Crippen LogP contribution in [0.2, 0.25) is 0 Å². The van der Waals surface area contributed by atoms with Crippen molar-refractivity contribution in [3.8, 4) is 0 Å². The molecule has 1 aromatic heterocycles. The summed E-state index contributed by atoms with van der Waals surface area (Å²) in [5.41, 5.74) is 6.94. The van der Waals surface area contributed by atoms with Gasteiger partial charge in [0.2, 0.25) is 0 Å². The van der Waals surface area contributed by atoms with Gasteiger partial charge in [-0.05, 0) is 30.7 Å². The molecule has 1 aromatic carbocycles. The van der Waals surface area contributed by atoms with E-state index in [0.717, 1.165) is 15.7 Å². The quantitative estimate of drug-likeness (QED) is 0.863. The van der Waals surface area contributed by atoms with Crippen LogP contribution in [0.25, 0.3) is 0 Å². The zero-order chi connectivity index (χ0) is 11.5. The smallest absolute Gasteiger partial charge is 0.187 e. The molecular weight excluding hydrogens is 225 g/mol. The highest BCUT2D eigenvalue weighted by Gasteiger charge is 2.02. The third-order valence-electron chi connectivity index (χ3n) is 2.16. The molecule has 1 heterocycles. The lowest BCUT2D eigenvalue weighted by Crippen LogP contribution is -1.91. The molecule has 0 saturated carbocycles. The van der Waals surface area contributed by atoms with Crippen molar-refractivity contribution < 1.29 is 4.39 Å². The van der Waals surface area contributed by atoms with E-state index in [1.165, 1.54) is 17.4 Å². The van der Waals surface area contributed by atoms with Crippen LogP contribution in [0.1, 0.15) is 10.4 Å². The fraction of sp³-hybridized carbons (Fsp3) is 0.182. The first-order chi connectivity index (χ1) is 7.69. The zero-order valence-corrected chi connectivity index (χ0v) is 9.64. The molecule has 0 aliphatic carbocycles. The Morgan fingerprint density at radius 2 is 2.31 bits per heavy atom. The van der Waals surface area contributed by atoms with Gasteiger partial charge < -0.3 is 11.1 Å². The molecule has 0 saturated heterocycles. The molecule has 0 bridgehead atoms. The van der Waals surface area contributed by atoms with E-state index >= 15 is 0 Å². The molecule has 3 nitrogen and oxygen atoms in total. The van der Waals surface area contributed by atoms with Crippen LogP contribution >= 0.6 is 11.3 Å². The second kappa shape index (κ2) is 4.59. The Hall–Kier alpha value is -1.46. The lowest BCUT2D eigenvalue weighted by atomic mass is 10.2. The van der Waals surface area contributed by atoms with Crippen molar-refractivity contribution in [2.24, 2.45) is 5.73 Å². The number of halogens is 1. The fourth-order valence-corrected chi connectivity index (χ4v) is 2.02. The molecule has 0 aliphatic heterocycles. The minimum Gasteiger partial charge on any atom is -0.332 e. The van der Waals surface area contributed by atoms with E-state index < -0.39 is 0 Å². The van der Waals surface area contributed by atoms with Crippen molar-refractivity contribution >= 4 is 22.2 Å². The maximum absolute atomic E-state index is 13.0. The van der Waals surface area contributed by atoms with E-state index in [0.29, 0.717) is 12.1 Å². The number of hydrogen-bond acceptors (Lipinski definition) is 4. The Kier molecular flexibility index (Phi) is 3.17. The molecule has 0 fully saturated rings. The van der Waals surface area contributed by atoms with Crippen LogP contribution in [0.4, 0.5) is 15.2 Å². The third-order valence-corrected chi connectivity index (χ3v) is 3.10. The number of hydrogen-bond donors (Lipinski definition) is 2. The molecule has 0 amide bonds. The van der Waals surface area contributed by atoms with Crippen molar-refractivity contribution in [2.45, 2.75) is 13.5 Å². The third kappa shape index (κ3) is 2.37. The minimum atomic E-state index is -0.202. The van der Waals surface area contributed by atoms with Gasteiger partial charge in [0.15, 0.2) is 5.13 Å². The molecule has 16 heavy (non-hydrogen) atoms. The van der Waals surface area contributed by atoms with E-state index in [1.807, 2.05) is 0 Å². The first-order valence-corrected chi connectivity index (χ1v) is 5.68. The first-order valence-electron chi connectivity index (χ1n) is 4.87. The number of nitrogens with zero attached hydrogens (tertiary/aromatic N) is 1. The van der Waals surface area contributed by atoms with Gasteiger partial charge in [0, 0.05) is 23.3 Å². The highest BCUT2D eigenvalue weighted by molar-refractivity contribution is 7.15. The maximum atomic E-state index is 13.0. The fourth-order valence-electron chi connectivity index (χ4n) is 1.31. The predicted molar refractivity (Wildman–Crippen MR) is 64.4 cm³/mol. The van der Waals surface area contributed by atoms with Crippen LogP contribution in [0, 0.1) is 12.7 Å². The molecule has 0 unspecified atom stereocenters. The molecule has 0 aliphatic rings. The van der Waals surface area contributed by atoms with Crippen LogP contribution in [-0.4, -0.2) is 4.98 Å². The Morgan fingerprint density at radius 3 is 2.94 bits per heavy atom. The van der Waals surface area contributed by atoms with Crippen molar-refractivity contribution in [1.29, 1.82) is 0 Å². The number of aryl methyl sites for hydroxylation is 1. The van der Waals surface area contributed by atoms with E-state index in [9.17, 15) is 4.39 Å². The van der Waals surface area contributed by atoms with Gasteiger partial charge in [-0.1, -0.05) is 0 Å². The van der Waals surface area contributed by atoms with Gasteiger partial charge in [0.05, 0.1) is 0 Å². The average molecular weight is 237 g/mol. The predicted octanol–water partition coefficient (Wildman–Crippen LogP) is 2.79. The highest BCUT2D eigenvalue weighted by atomic mass is 32.1. The summed E-state index contributed by atoms with van der Waals surface area (Å²) < 4.78 is 13.0. The second-order valence-electron chi connectivity index (χ2n) is 3.42. The van der Waals surface area contributed by atoms with Gasteiger partial charge >= 0.3 is 0 Å². The largest absolute Gasteiger partial charge is 0.332 e. The average Bonchev–Trinajstić information content (AvgIpc) is 2.71. The summed E-state index contributed by atoms with van der Waals surface area (Å²) in [6, 6.07) is 4.87. The standard InChI is InChI=1S/C11H12FN3S/c1-7-4-8(2-3-10(7)12)15-11-14-6-9(5-13)16-11/h2-4,6H,5,13H2,1H3,(H,14,15). The van der Waals surface area contributed by atoms with Crippen LogP contribution in [0.15, 0.2) is 24.4 Å². The number of anilines is 2. The molecule has 3 N–H and O–H groups in total. The first kappa shape index (κ1) is 11.0.